The van der Waals surface area contributed by atoms with Crippen LogP contribution in [0.15, 0.2) is 11.6 Å². The number of carbonyl (C=O) groups is 1. The molecule has 0 aliphatic heterocycles. The first kappa shape index (κ1) is 11.9. The first-order chi connectivity index (χ1) is 7.33. The average molecular weight is 220 g/mol. The zero-order valence-electron chi connectivity index (χ0n) is 11.1. The van der Waals surface area contributed by atoms with Crippen molar-refractivity contribution in [3.63, 3.8) is 0 Å². The molecule has 2 unspecified atom stereocenters. The number of Topliss-reactive ketones (excluding diaryl/α,β-unsaturated/α-hetero) is 1. The van der Waals surface area contributed by atoms with E-state index in [0.29, 0.717) is 11.7 Å². The van der Waals surface area contributed by atoms with Crippen LogP contribution in [0.3, 0.4) is 0 Å². The number of hydrogen-bond donors (Lipinski definition) is 0. The highest BCUT2D eigenvalue weighted by molar-refractivity contribution is 5.86. The van der Waals surface area contributed by atoms with Crippen LogP contribution >= 0.6 is 0 Å². The summed E-state index contributed by atoms with van der Waals surface area (Å²) in [7, 11) is 0. The Labute approximate surface area is 99.3 Å². The summed E-state index contributed by atoms with van der Waals surface area (Å²) in [6.45, 7) is 8.86. The van der Waals surface area contributed by atoms with Crippen LogP contribution in [-0.2, 0) is 4.79 Å². The van der Waals surface area contributed by atoms with Crippen molar-refractivity contribution >= 4 is 5.78 Å². The summed E-state index contributed by atoms with van der Waals surface area (Å²) >= 11 is 0. The van der Waals surface area contributed by atoms with Gasteiger partial charge in [0.25, 0.3) is 0 Å². The van der Waals surface area contributed by atoms with Crippen LogP contribution in [0.1, 0.15) is 59.8 Å². The van der Waals surface area contributed by atoms with Crippen LogP contribution < -0.4 is 0 Å². The van der Waals surface area contributed by atoms with Gasteiger partial charge in [0.15, 0.2) is 0 Å². The molecule has 1 saturated carbocycles. The summed E-state index contributed by atoms with van der Waals surface area (Å²) in [5.41, 5.74) is 1.56. The zero-order chi connectivity index (χ0) is 12.0. The predicted octanol–water partition coefficient (Wildman–Crippen LogP) is 4.13. The Morgan fingerprint density at radius 1 is 1.25 bits per heavy atom. The van der Waals surface area contributed by atoms with Crippen LogP contribution in [0.4, 0.5) is 0 Å². The van der Waals surface area contributed by atoms with Gasteiger partial charge < -0.3 is 0 Å². The SMILES string of the molecule is CC1=CCC2CCC(C)(C)CC(=O)C2(C)C1. The number of carbonyl (C=O) groups excluding carboxylic acids is 1. The zero-order valence-corrected chi connectivity index (χ0v) is 11.1. The van der Waals surface area contributed by atoms with E-state index in [2.05, 4.69) is 33.8 Å². The molecule has 2 rings (SSSR count). The minimum Gasteiger partial charge on any atom is -0.299 e. The van der Waals surface area contributed by atoms with Crippen molar-refractivity contribution in [2.75, 3.05) is 0 Å². The highest BCUT2D eigenvalue weighted by Crippen LogP contribution is 2.50. The van der Waals surface area contributed by atoms with Crippen molar-refractivity contribution in [2.24, 2.45) is 16.7 Å². The van der Waals surface area contributed by atoms with Gasteiger partial charge in [0.2, 0.25) is 0 Å². The van der Waals surface area contributed by atoms with E-state index >= 15 is 0 Å². The molecule has 0 heterocycles. The minimum atomic E-state index is -0.0629. The Bertz CT molecular complexity index is 337. The average Bonchev–Trinajstić information content (AvgIpc) is 2.22. The van der Waals surface area contributed by atoms with Crippen LogP contribution in [-0.4, -0.2) is 5.78 Å². The van der Waals surface area contributed by atoms with Gasteiger partial charge in [0.05, 0.1) is 0 Å². The van der Waals surface area contributed by atoms with Gasteiger partial charge >= 0.3 is 0 Å². The van der Waals surface area contributed by atoms with Crippen molar-refractivity contribution in [1.82, 2.24) is 0 Å². The summed E-state index contributed by atoms with van der Waals surface area (Å²) in [6.07, 6.45) is 7.65. The maximum absolute atomic E-state index is 12.5. The molecule has 0 aromatic rings. The van der Waals surface area contributed by atoms with Crippen molar-refractivity contribution < 1.29 is 4.79 Å². The third-order valence-corrected chi connectivity index (χ3v) is 4.74. The van der Waals surface area contributed by atoms with Gasteiger partial charge in [-0.25, -0.2) is 0 Å². The highest BCUT2D eigenvalue weighted by atomic mass is 16.1. The Balaban J connectivity index is 2.31. The second-order valence-corrected chi connectivity index (χ2v) is 6.88. The molecule has 0 aromatic carbocycles. The second kappa shape index (κ2) is 3.72. The van der Waals surface area contributed by atoms with Crippen LogP contribution in [0.25, 0.3) is 0 Å². The number of allylic oxidation sites excluding steroid dienone is 2. The molecule has 0 spiro atoms. The number of hydrogen-bond acceptors (Lipinski definition) is 1. The molecular weight excluding hydrogens is 196 g/mol. The third-order valence-electron chi connectivity index (χ3n) is 4.74. The summed E-state index contributed by atoms with van der Waals surface area (Å²) < 4.78 is 0. The lowest BCUT2D eigenvalue weighted by Crippen LogP contribution is -2.37. The molecular formula is C15H24O. The quantitative estimate of drug-likeness (QED) is 0.561. The molecule has 1 nitrogen and oxygen atoms in total. The normalized spacial score (nSPS) is 38.6. The molecule has 0 aromatic heterocycles. The molecule has 0 amide bonds. The molecule has 16 heavy (non-hydrogen) atoms. The third kappa shape index (κ3) is 1.97. The number of fused-ring (bicyclic) bond motifs is 1. The van der Waals surface area contributed by atoms with Crippen molar-refractivity contribution in [1.29, 1.82) is 0 Å². The molecule has 0 saturated heterocycles. The molecule has 0 radical (unpaired) electrons. The van der Waals surface area contributed by atoms with Gasteiger partial charge in [-0.05, 0) is 43.9 Å². The fourth-order valence-electron chi connectivity index (χ4n) is 3.45. The van der Waals surface area contributed by atoms with E-state index < -0.39 is 0 Å². The standard InChI is InChI=1S/C15H24O/c1-11-5-6-12-7-8-14(2,3)10-13(16)15(12,4)9-11/h5,12H,6-10H2,1-4H3. The molecule has 1 heteroatoms. The van der Waals surface area contributed by atoms with Crippen molar-refractivity contribution in [3.8, 4) is 0 Å². The molecule has 1 fully saturated rings. The fraction of sp³-hybridized carbons (Fsp3) is 0.800. The van der Waals surface area contributed by atoms with Gasteiger partial charge in [-0.15, -0.1) is 0 Å². The van der Waals surface area contributed by atoms with Gasteiger partial charge in [-0.2, -0.15) is 0 Å². The minimum absolute atomic E-state index is 0.0629. The van der Waals surface area contributed by atoms with Crippen molar-refractivity contribution in [3.05, 3.63) is 11.6 Å². The van der Waals surface area contributed by atoms with Crippen molar-refractivity contribution in [2.45, 2.75) is 59.8 Å². The first-order valence-electron chi connectivity index (χ1n) is 6.52. The second-order valence-electron chi connectivity index (χ2n) is 6.88. The smallest absolute Gasteiger partial charge is 0.139 e. The summed E-state index contributed by atoms with van der Waals surface area (Å²) in [6, 6.07) is 0. The lowest BCUT2D eigenvalue weighted by molar-refractivity contribution is -0.131. The summed E-state index contributed by atoms with van der Waals surface area (Å²) in [5, 5.41) is 0. The maximum atomic E-state index is 12.5. The lowest BCUT2D eigenvalue weighted by Gasteiger charge is -2.38. The highest BCUT2D eigenvalue weighted by Gasteiger charge is 2.46. The number of rotatable bonds is 0. The van der Waals surface area contributed by atoms with Crippen LogP contribution in [0, 0.1) is 16.7 Å². The first-order valence-corrected chi connectivity index (χ1v) is 6.52. The molecule has 2 aliphatic carbocycles. The Kier molecular flexibility index (Phi) is 2.76. The molecule has 2 atom stereocenters. The van der Waals surface area contributed by atoms with Crippen LogP contribution in [0.5, 0.6) is 0 Å². The lowest BCUT2D eigenvalue weighted by atomic mass is 9.65. The van der Waals surface area contributed by atoms with E-state index in [0.717, 1.165) is 19.3 Å². The van der Waals surface area contributed by atoms with Gasteiger partial charge in [0, 0.05) is 11.8 Å². The van der Waals surface area contributed by atoms with E-state index in [1.54, 1.807) is 0 Å². The maximum Gasteiger partial charge on any atom is 0.139 e. The van der Waals surface area contributed by atoms with E-state index in [1.165, 1.54) is 18.4 Å². The van der Waals surface area contributed by atoms with E-state index in [-0.39, 0.29) is 10.8 Å². The van der Waals surface area contributed by atoms with E-state index in [9.17, 15) is 4.79 Å². The summed E-state index contributed by atoms with van der Waals surface area (Å²) in [5.74, 6) is 1.10. The number of ketones is 1. The Morgan fingerprint density at radius 3 is 2.62 bits per heavy atom. The Morgan fingerprint density at radius 2 is 1.94 bits per heavy atom. The molecule has 0 bridgehead atoms. The van der Waals surface area contributed by atoms with Gasteiger partial charge in [-0.3, -0.25) is 4.79 Å². The largest absolute Gasteiger partial charge is 0.299 e. The molecule has 0 N–H and O–H groups in total. The topological polar surface area (TPSA) is 17.1 Å². The monoisotopic (exact) mass is 220 g/mol. The molecule has 2 aliphatic rings. The van der Waals surface area contributed by atoms with E-state index in [4.69, 9.17) is 0 Å². The van der Waals surface area contributed by atoms with Crippen LogP contribution in [0.2, 0.25) is 0 Å². The fourth-order valence-corrected chi connectivity index (χ4v) is 3.45. The van der Waals surface area contributed by atoms with E-state index in [1.807, 2.05) is 0 Å². The van der Waals surface area contributed by atoms with Gasteiger partial charge in [0.1, 0.15) is 5.78 Å². The van der Waals surface area contributed by atoms with Gasteiger partial charge in [-0.1, -0.05) is 32.4 Å². The summed E-state index contributed by atoms with van der Waals surface area (Å²) in [4.78, 5) is 12.5. The predicted molar refractivity (Wildman–Crippen MR) is 67.2 cm³/mol. The molecule has 90 valence electrons. The Hall–Kier alpha value is -0.590.